The number of amides is 1. The van der Waals surface area contributed by atoms with Crippen LogP contribution in [0.15, 0.2) is 47.6 Å². The number of aryl methyl sites for hydroxylation is 1. The quantitative estimate of drug-likeness (QED) is 0.407. The minimum absolute atomic E-state index is 0.161. The van der Waals surface area contributed by atoms with Crippen LogP contribution in [0, 0.1) is 6.92 Å². The molecule has 26 heavy (non-hydrogen) atoms. The fraction of sp³-hybridized carbons (Fsp3) is 0.300. The molecule has 0 radical (unpaired) electrons. The summed E-state index contributed by atoms with van der Waals surface area (Å²) in [5, 5.41) is 14.2. The molecule has 0 aliphatic heterocycles. The second kappa shape index (κ2) is 9.82. The number of rotatable bonds is 8. The fourth-order valence-corrected chi connectivity index (χ4v) is 2.60. The number of ether oxygens (including phenoxy) is 1. The first kappa shape index (κ1) is 19.8. The predicted molar refractivity (Wildman–Crippen MR) is 104 cm³/mol. The van der Waals surface area contributed by atoms with Gasteiger partial charge in [0.2, 0.25) is 5.91 Å². The van der Waals surface area contributed by atoms with Crippen LogP contribution in [0.3, 0.4) is 0 Å². The van der Waals surface area contributed by atoms with Crippen molar-refractivity contribution in [2.75, 3.05) is 6.61 Å². The monoisotopic (exact) mass is 374 g/mol. The molecular formula is C20H23ClN2O3. The molecule has 0 atom stereocenters. The van der Waals surface area contributed by atoms with E-state index < -0.39 is 0 Å². The van der Waals surface area contributed by atoms with Gasteiger partial charge in [-0.15, -0.1) is 0 Å². The topological polar surface area (TPSA) is 70.9 Å². The van der Waals surface area contributed by atoms with Crippen LogP contribution in [-0.4, -0.2) is 23.3 Å². The minimum Gasteiger partial charge on any atom is -0.508 e. The number of phenolic OH excluding ortho intramolecular Hbond substituents is 1. The van der Waals surface area contributed by atoms with E-state index in [-0.39, 0.29) is 11.7 Å². The Labute approximate surface area is 158 Å². The fourth-order valence-electron chi connectivity index (χ4n) is 2.38. The number of halogens is 1. The molecule has 0 bridgehead atoms. The first-order valence-corrected chi connectivity index (χ1v) is 8.91. The van der Waals surface area contributed by atoms with Gasteiger partial charge in [0.25, 0.3) is 0 Å². The van der Waals surface area contributed by atoms with Crippen LogP contribution in [0.5, 0.6) is 11.5 Å². The van der Waals surface area contributed by atoms with E-state index in [0.717, 1.165) is 22.6 Å². The number of hydrogen-bond acceptors (Lipinski definition) is 4. The van der Waals surface area contributed by atoms with Crippen LogP contribution in [-0.2, 0) is 4.79 Å². The molecule has 0 aliphatic carbocycles. The Morgan fingerprint density at radius 1 is 1.23 bits per heavy atom. The third-order valence-electron chi connectivity index (χ3n) is 3.79. The number of phenols is 1. The molecule has 2 N–H and O–H groups in total. The summed E-state index contributed by atoms with van der Waals surface area (Å²) in [7, 11) is 0. The summed E-state index contributed by atoms with van der Waals surface area (Å²) in [4.78, 5) is 11.9. The molecule has 2 aromatic carbocycles. The van der Waals surface area contributed by atoms with Crippen LogP contribution < -0.4 is 10.2 Å². The van der Waals surface area contributed by atoms with Crippen molar-refractivity contribution >= 4 is 23.2 Å². The maximum absolute atomic E-state index is 11.9. The zero-order valence-electron chi connectivity index (χ0n) is 15.0. The average Bonchev–Trinajstić information content (AvgIpc) is 2.62. The van der Waals surface area contributed by atoms with E-state index in [1.54, 1.807) is 30.3 Å². The van der Waals surface area contributed by atoms with E-state index in [0.29, 0.717) is 30.9 Å². The lowest BCUT2D eigenvalue weighted by molar-refractivity contribution is -0.121. The first-order valence-electron chi connectivity index (χ1n) is 8.53. The Bertz CT molecular complexity index is 773. The molecular weight excluding hydrogens is 352 g/mol. The largest absolute Gasteiger partial charge is 0.508 e. The molecule has 1 amide bonds. The van der Waals surface area contributed by atoms with Crippen LogP contribution in [0.4, 0.5) is 0 Å². The second-order valence-corrected chi connectivity index (χ2v) is 6.29. The van der Waals surface area contributed by atoms with Crippen molar-refractivity contribution in [3.8, 4) is 11.5 Å². The summed E-state index contributed by atoms with van der Waals surface area (Å²) in [6.07, 6.45) is 1.58. The zero-order valence-corrected chi connectivity index (χ0v) is 15.7. The van der Waals surface area contributed by atoms with Gasteiger partial charge in [0.05, 0.1) is 12.3 Å². The van der Waals surface area contributed by atoms with Crippen LogP contribution in [0.2, 0.25) is 5.02 Å². The number of nitrogens with one attached hydrogen (secondary N) is 1. The molecule has 2 aromatic rings. The highest BCUT2D eigenvalue weighted by atomic mass is 35.5. The predicted octanol–water partition coefficient (Wildman–Crippen LogP) is 4.44. The smallest absolute Gasteiger partial charge is 0.240 e. The van der Waals surface area contributed by atoms with Gasteiger partial charge in [-0.25, -0.2) is 5.43 Å². The Kier molecular flexibility index (Phi) is 7.48. The number of benzene rings is 2. The summed E-state index contributed by atoms with van der Waals surface area (Å²) in [6.45, 7) is 4.33. The number of carbonyl (C=O) groups excluding carboxylic acids is 1. The number of nitrogens with zero attached hydrogens (tertiary/aromatic N) is 1. The van der Waals surface area contributed by atoms with Gasteiger partial charge in [-0.05, 0) is 73.4 Å². The maximum Gasteiger partial charge on any atom is 0.240 e. The normalized spacial score (nSPS) is 11.3. The molecule has 5 nitrogen and oxygen atoms in total. The van der Waals surface area contributed by atoms with Crippen molar-refractivity contribution in [1.29, 1.82) is 0 Å². The number of carbonyl (C=O) groups is 1. The Hall–Kier alpha value is -2.53. The molecule has 0 saturated carbocycles. The second-order valence-electron chi connectivity index (χ2n) is 5.86. The van der Waals surface area contributed by atoms with Crippen molar-refractivity contribution in [3.05, 3.63) is 58.6 Å². The molecule has 6 heteroatoms. The average molecular weight is 375 g/mol. The molecule has 0 saturated heterocycles. The Morgan fingerprint density at radius 2 is 1.96 bits per heavy atom. The van der Waals surface area contributed by atoms with Gasteiger partial charge in [0.15, 0.2) is 0 Å². The van der Waals surface area contributed by atoms with Crippen molar-refractivity contribution in [2.24, 2.45) is 5.10 Å². The minimum atomic E-state index is -0.161. The summed E-state index contributed by atoms with van der Waals surface area (Å²) in [5.74, 6) is 0.809. The third kappa shape index (κ3) is 6.08. The summed E-state index contributed by atoms with van der Waals surface area (Å²) < 4.78 is 5.67. The lowest BCUT2D eigenvalue weighted by Gasteiger charge is -2.09. The van der Waals surface area contributed by atoms with Gasteiger partial charge < -0.3 is 9.84 Å². The maximum atomic E-state index is 11.9. The molecule has 0 unspecified atom stereocenters. The van der Waals surface area contributed by atoms with Crippen molar-refractivity contribution in [2.45, 2.75) is 33.1 Å². The molecule has 2 rings (SSSR count). The van der Waals surface area contributed by atoms with Gasteiger partial charge in [0.1, 0.15) is 11.5 Å². The summed E-state index contributed by atoms with van der Waals surface area (Å²) in [6, 6.07) is 12.2. The standard InChI is InChI=1S/C20H23ClN2O3/c1-3-18(15-6-9-17(24)10-7-15)22-23-20(25)5-4-12-26-19-11-8-16(21)13-14(19)2/h6-11,13,24H,3-5,12H2,1-2H3,(H,23,25). The van der Waals surface area contributed by atoms with Crippen molar-refractivity contribution in [3.63, 3.8) is 0 Å². The highest BCUT2D eigenvalue weighted by molar-refractivity contribution is 6.30. The van der Waals surface area contributed by atoms with Gasteiger partial charge in [-0.3, -0.25) is 4.79 Å². The highest BCUT2D eigenvalue weighted by Gasteiger charge is 2.05. The molecule has 0 aromatic heterocycles. The van der Waals surface area contributed by atoms with E-state index in [2.05, 4.69) is 10.5 Å². The van der Waals surface area contributed by atoms with Crippen LogP contribution in [0.25, 0.3) is 0 Å². The van der Waals surface area contributed by atoms with E-state index in [1.807, 2.05) is 26.0 Å². The first-order chi connectivity index (χ1) is 12.5. The van der Waals surface area contributed by atoms with Crippen LogP contribution >= 0.6 is 11.6 Å². The van der Waals surface area contributed by atoms with E-state index in [9.17, 15) is 9.90 Å². The van der Waals surface area contributed by atoms with Crippen LogP contribution in [0.1, 0.15) is 37.3 Å². The number of aromatic hydroxyl groups is 1. The summed E-state index contributed by atoms with van der Waals surface area (Å²) >= 11 is 5.91. The summed E-state index contributed by atoms with van der Waals surface area (Å²) in [5.41, 5.74) is 5.17. The lowest BCUT2D eigenvalue weighted by atomic mass is 10.1. The SMILES string of the molecule is CCC(=NNC(=O)CCCOc1ccc(Cl)cc1C)c1ccc(O)cc1. The van der Waals surface area contributed by atoms with Crippen molar-refractivity contribution in [1.82, 2.24) is 5.43 Å². The molecule has 138 valence electrons. The molecule has 0 spiro atoms. The van der Waals surface area contributed by atoms with E-state index in [1.165, 1.54) is 0 Å². The highest BCUT2D eigenvalue weighted by Crippen LogP contribution is 2.21. The van der Waals surface area contributed by atoms with Crippen molar-refractivity contribution < 1.29 is 14.6 Å². The van der Waals surface area contributed by atoms with Gasteiger partial charge in [-0.2, -0.15) is 5.10 Å². The van der Waals surface area contributed by atoms with Gasteiger partial charge in [0, 0.05) is 11.4 Å². The molecule has 0 fully saturated rings. The number of hydrazone groups is 1. The van der Waals surface area contributed by atoms with E-state index in [4.69, 9.17) is 16.3 Å². The molecule has 0 heterocycles. The zero-order chi connectivity index (χ0) is 18.9. The third-order valence-corrected chi connectivity index (χ3v) is 4.03. The molecule has 0 aliphatic rings. The van der Waals surface area contributed by atoms with Gasteiger partial charge in [-0.1, -0.05) is 18.5 Å². The Morgan fingerprint density at radius 3 is 2.62 bits per heavy atom. The lowest BCUT2D eigenvalue weighted by Crippen LogP contribution is -2.20. The van der Waals surface area contributed by atoms with Gasteiger partial charge >= 0.3 is 0 Å². The Balaban J connectivity index is 1.78. The number of hydrogen-bond donors (Lipinski definition) is 2. The van der Waals surface area contributed by atoms with E-state index >= 15 is 0 Å².